The topological polar surface area (TPSA) is 59.8 Å². The van der Waals surface area contributed by atoms with Gasteiger partial charge in [-0.2, -0.15) is 0 Å². The molecule has 0 saturated heterocycles. The molecule has 0 saturated carbocycles. The highest BCUT2D eigenvalue weighted by Gasteiger charge is 2.15. The number of amides is 1. The van der Waals surface area contributed by atoms with Crippen LogP contribution in [0.5, 0.6) is 0 Å². The number of nitrogens with zero attached hydrogens (tertiary/aromatic N) is 3. The zero-order chi connectivity index (χ0) is 20.1. The lowest BCUT2D eigenvalue weighted by Crippen LogP contribution is -2.14. The summed E-state index contributed by atoms with van der Waals surface area (Å²) in [4.78, 5) is 12.2. The van der Waals surface area contributed by atoms with E-state index in [1.807, 2.05) is 11.5 Å². The largest absolute Gasteiger partial charge is 0.325 e. The molecule has 1 N–H and O–H groups in total. The van der Waals surface area contributed by atoms with Crippen LogP contribution < -0.4 is 5.32 Å². The first kappa shape index (κ1) is 20.4. The second kappa shape index (κ2) is 9.26. The van der Waals surface area contributed by atoms with E-state index in [9.17, 15) is 4.79 Å². The van der Waals surface area contributed by atoms with Crippen molar-refractivity contribution in [2.24, 2.45) is 0 Å². The predicted octanol–water partition coefficient (Wildman–Crippen LogP) is 5.47. The van der Waals surface area contributed by atoms with Crippen molar-refractivity contribution >= 4 is 35.0 Å². The van der Waals surface area contributed by atoms with Gasteiger partial charge < -0.3 is 9.88 Å². The number of aromatic nitrogens is 3. The highest BCUT2D eigenvalue weighted by Crippen LogP contribution is 2.26. The molecular weight excluding hydrogens is 392 g/mol. The molecule has 0 aliphatic carbocycles. The molecule has 3 rings (SSSR count). The Balaban J connectivity index is 1.68. The van der Waals surface area contributed by atoms with Gasteiger partial charge in [0.15, 0.2) is 11.0 Å². The molecule has 0 unspecified atom stereocenters. The van der Waals surface area contributed by atoms with Gasteiger partial charge in [-0.25, -0.2) is 0 Å². The van der Waals surface area contributed by atoms with Crippen molar-refractivity contribution in [1.82, 2.24) is 14.8 Å². The van der Waals surface area contributed by atoms with Crippen molar-refractivity contribution in [2.45, 2.75) is 38.4 Å². The lowest BCUT2D eigenvalue weighted by atomic mass is 10.0. The summed E-state index contributed by atoms with van der Waals surface area (Å²) in [6.45, 7) is 7.13. The van der Waals surface area contributed by atoms with Crippen LogP contribution in [0.1, 0.15) is 32.3 Å². The summed E-state index contributed by atoms with van der Waals surface area (Å²) < 4.78 is 2.03. The molecule has 5 nitrogen and oxygen atoms in total. The molecule has 0 radical (unpaired) electrons. The average Bonchev–Trinajstić information content (AvgIpc) is 3.11. The fourth-order valence-corrected chi connectivity index (χ4v) is 3.70. The van der Waals surface area contributed by atoms with E-state index in [4.69, 9.17) is 11.6 Å². The molecule has 7 heteroatoms. The molecule has 0 aliphatic heterocycles. The lowest BCUT2D eigenvalue weighted by molar-refractivity contribution is -0.113. The van der Waals surface area contributed by atoms with Gasteiger partial charge in [0.25, 0.3) is 0 Å². The van der Waals surface area contributed by atoms with Crippen LogP contribution in [0.25, 0.3) is 11.4 Å². The van der Waals surface area contributed by atoms with E-state index in [2.05, 4.69) is 53.6 Å². The Hall–Kier alpha value is -2.31. The summed E-state index contributed by atoms with van der Waals surface area (Å²) in [5, 5.41) is 12.9. The minimum Gasteiger partial charge on any atom is -0.325 e. The zero-order valence-corrected chi connectivity index (χ0v) is 17.7. The van der Waals surface area contributed by atoms with Crippen molar-refractivity contribution in [3.05, 3.63) is 59.1 Å². The molecule has 2 aromatic carbocycles. The molecule has 146 valence electrons. The maximum atomic E-state index is 12.2. The number of rotatable bonds is 7. The van der Waals surface area contributed by atoms with Crippen LogP contribution in [0.15, 0.2) is 53.7 Å². The summed E-state index contributed by atoms with van der Waals surface area (Å²) in [6.07, 6.45) is 0. The SMILES string of the molecule is CCn1c(SCC(=O)Nc2ccc(Cl)cc2)nnc1-c1ccc(C(C)C)cc1. The Labute approximate surface area is 174 Å². The second-order valence-electron chi connectivity index (χ2n) is 6.67. The summed E-state index contributed by atoms with van der Waals surface area (Å²) in [5.74, 6) is 1.47. The third-order valence-electron chi connectivity index (χ3n) is 4.33. The van der Waals surface area contributed by atoms with E-state index in [1.54, 1.807) is 24.3 Å². The van der Waals surface area contributed by atoms with Gasteiger partial charge in [-0.3, -0.25) is 4.79 Å². The summed E-state index contributed by atoms with van der Waals surface area (Å²) >= 11 is 7.24. The third-order valence-corrected chi connectivity index (χ3v) is 5.55. The van der Waals surface area contributed by atoms with E-state index in [-0.39, 0.29) is 11.7 Å². The fourth-order valence-electron chi connectivity index (χ4n) is 2.77. The predicted molar refractivity (Wildman–Crippen MR) is 116 cm³/mol. The quantitative estimate of drug-likeness (QED) is 0.520. The number of anilines is 1. The van der Waals surface area contributed by atoms with Gasteiger partial charge in [0.1, 0.15) is 0 Å². The molecule has 3 aromatic rings. The summed E-state index contributed by atoms with van der Waals surface area (Å²) in [5.41, 5.74) is 3.04. The third kappa shape index (κ3) is 4.94. The Kier molecular flexibility index (Phi) is 6.75. The molecule has 28 heavy (non-hydrogen) atoms. The Bertz CT molecular complexity index is 936. The van der Waals surface area contributed by atoms with Crippen molar-refractivity contribution in [3.63, 3.8) is 0 Å². The Morgan fingerprint density at radius 2 is 1.79 bits per heavy atom. The number of halogens is 1. The Morgan fingerprint density at radius 1 is 1.11 bits per heavy atom. The van der Waals surface area contributed by atoms with Gasteiger partial charge in [0, 0.05) is 22.8 Å². The van der Waals surface area contributed by atoms with Crippen LogP contribution in [0.2, 0.25) is 5.02 Å². The number of nitrogens with one attached hydrogen (secondary N) is 1. The molecule has 1 aromatic heterocycles. The molecular formula is C21H23ClN4OS. The van der Waals surface area contributed by atoms with Crippen LogP contribution in [0, 0.1) is 0 Å². The van der Waals surface area contributed by atoms with Crippen LogP contribution >= 0.6 is 23.4 Å². The standard InChI is InChI=1S/C21H23ClN4OS/c1-4-26-20(16-7-5-15(6-8-16)14(2)3)24-25-21(26)28-13-19(27)23-18-11-9-17(22)10-12-18/h5-12,14H,4,13H2,1-3H3,(H,23,27). The minimum absolute atomic E-state index is 0.0965. The van der Waals surface area contributed by atoms with Gasteiger partial charge in [-0.15, -0.1) is 10.2 Å². The van der Waals surface area contributed by atoms with E-state index in [0.717, 1.165) is 28.8 Å². The van der Waals surface area contributed by atoms with Crippen LogP contribution in [0.3, 0.4) is 0 Å². The number of thioether (sulfide) groups is 1. The number of hydrogen-bond acceptors (Lipinski definition) is 4. The van der Waals surface area contributed by atoms with Gasteiger partial charge in [-0.1, -0.05) is 61.5 Å². The van der Waals surface area contributed by atoms with Crippen molar-refractivity contribution in [2.75, 3.05) is 11.1 Å². The molecule has 0 bridgehead atoms. The summed E-state index contributed by atoms with van der Waals surface area (Å²) in [6, 6.07) is 15.4. The highest BCUT2D eigenvalue weighted by atomic mass is 35.5. The number of carbonyl (C=O) groups is 1. The molecule has 0 fully saturated rings. The number of hydrogen-bond donors (Lipinski definition) is 1. The number of benzene rings is 2. The van der Waals surface area contributed by atoms with Crippen LogP contribution in [-0.4, -0.2) is 26.4 Å². The smallest absolute Gasteiger partial charge is 0.234 e. The Morgan fingerprint density at radius 3 is 2.39 bits per heavy atom. The van der Waals surface area contributed by atoms with Gasteiger partial charge in [0.05, 0.1) is 5.75 Å². The van der Waals surface area contributed by atoms with Gasteiger partial charge in [0.2, 0.25) is 5.91 Å². The fraction of sp³-hybridized carbons (Fsp3) is 0.286. The summed E-state index contributed by atoms with van der Waals surface area (Å²) in [7, 11) is 0. The highest BCUT2D eigenvalue weighted by molar-refractivity contribution is 7.99. The average molecular weight is 415 g/mol. The normalized spacial score (nSPS) is 11.0. The minimum atomic E-state index is -0.0965. The van der Waals surface area contributed by atoms with E-state index < -0.39 is 0 Å². The molecule has 0 spiro atoms. The zero-order valence-electron chi connectivity index (χ0n) is 16.1. The van der Waals surface area contributed by atoms with Crippen LogP contribution in [0.4, 0.5) is 5.69 Å². The maximum absolute atomic E-state index is 12.2. The maximum Gasteiger partial charge on any atom is 0.234 e. The first-order valence-electron chi connectivity index (χ1n) is 9.19. The molecule has 1 heterocycles. The first-order chi connectivity index (χ1) is 13.5. The lowest BCUT2D eigenvalue weighted by Gasteiger charge is -2.09. The van der Waals surface area contributed by atoms with E-state index in [1.165, 1.54) is 17.3 Å². The van der Waals surface area contributed by atoms with Crippen molar-refractivity contribution < 1.29 is 4.79 Å². The second-order valence-corrected chi connectivity index (χ2v) is 8.05. The number of carbonyl (C=O) groups excluding carboxylic acids is 1. The molecule has 0 atom stereocenters. The molecule has 0 aliphatic rings. The monoisotopic (exact) mass is 414 g/mol. The van der Waals surface area contributed by atoms with Gasteiger partial charge in [-0.05, 0) is 42.7 Å². The first-order valence-corrected chi connectivity index (χ1v) is 10.6. The van der Waals surface area contributed by atoms with Crippen molar-refractivity contribution in [1.29, 1.82) is 0 Å². The van der Waals surface area contributed by atoms with E-state index in [0.29, 0.717) is 10.9 Å². The van der Waals surface area contributed by atoms with Crippen molar-refractivity contribution in [3.8, 4) is 11.4 Å². The van der Waals surface area contributed by atoms with Crippen LogP contribution in [-0.2, 0) is 11.3 Å². The van der Waals surface area contributed by atoms with E-state index >= 15 is 0 Å². The van der Waals surface area contributed by atoms with Gasteiger partial charge >= 0.3 is 0 Å². The molecule has 1 amide bonds.